The molecule has 0 saturated carbocycles. The second kappa shape index (κ2) is 8.54. The van der Waals surface area contributed by atoms with Gasteiger partial charge in [0.2, 0.25) is 10.0 Å². The van der Waals surface area contributed by atoms with Gasteiger partial charge in [0.25, 0.3) is 5.91 Å². The summed E-state index contributed by atoms with van der Waals surface area (Å²) >= 11 is 0. The number of nitrogens with zero attached hydrogens (tertiary/aromatic N) is 1. The number of alkyl halides is 3. The SMILES string of the molecule is O=C(NCCc1ccc(C(F)(F)F)cc1)c1ccc(S(=O)(=O)N2CCCC2)cc1. The van der Waals surface area contributed by atoms with Gasteiger partial charge in [-0.05, 0) is 61.2 Å². The molecule has 5 nitrogen and oxygen atoms in total. The molecule has 0 aliphatic carbocycles. The Morgan fingerprint density at radius 1 is 0.966 bits per heavy atom. The van der Waals surface area contributed by atoms with Gasteiger partial charge in [-0.3, -0.25) is 4.79 Å². The number of benzene rings is 2. The zero-order valence-corrected chi connectivity index (χ0v) is 16.4. The van der Waals surface area contributed by atoms with E-state index in [0.717, 1.165) is 25.0 Å². The first-order valence-corrected chi connectivity index (χ1v) is 10.7. The van der Waals surface area contributed by atoms with Gasteiger partial charge in [-0.2, -0.15) is 17.5 Å². The van der Waals surface area contributed by atoms with E-state index in [4.69, 9.17) is 0 Å². The van der Waals surface area contributed by atoms with Crippen LogP contribution in [0, 0.1) is 0 Å². The van der Waals surface area contributed by atoms with Crippen molar-refractivity contribution >= 4 is 15.9 Å². The third-order valence-electron chi connectivity index (χ3n) is 4.80. The van der Waals surface area contributed by atoms with E-state index in [-0.39, 0.29) is 17.3 Å². The molecule has 0 spiro atoms. The topological polar surface area (TPSA) is 66.5 Å². The number of rotatable bonds is 6. The molecular formula is C20H21F3N2O3S. The van der Waals surface area contributed by atoms with Crippen LogP contribution in [0.4, 0.5) is 13.2 Å². The summed E-state index contributed by atoms with van der Waals surface area (Å²) in [6, 6.07) is 10.5. The van der Waals surface area contributed by atoms with E-state index in [1.807, 2.05) is 0 Å². The average Bonchev–Trinajstić information content (AvgIpc) is 3.23. The summed E-state index contributed by atoms with van der Waals surface area (Å²) in [4.78, 5) is 12.4. The molecule has 1 N–H and O–H groups in total. The Labute approximate surface area is 167 Å². The molecule has 0 atom stereocenters. The maximum atomic E-state index is 12.6. The van der Waals surface area contributed by atoms with Crippen LogP contribution in [0.1, 0.15) is 34.3 Å². The number of sulfonamides is 1. The Morgan fingerprint density at radius 3 is 2.10 bits per heavy atom. The fourth-order valence-corrected chi connectivity index (χ4v) is 4.66. The predicted molar refractivity (Wildman–Crippen MR) is 102 cm³/mol. The first kappa shape index (κ1) is 21.3. The van der Waals surface area contributed by atoms with Crippen molar-refractivity contribution in [3.63, 3.8) is 0 Å². The first-order chi connectivity index (χ1) is 13.7. The number of hydrogen-bond acceptors (Lipinski definition) is 3. The number of carbonyl (C=O) groups is 1. The molecule has 2 aromatic carbocycles. The van der Waals surface area contributed by atoms with Crippen molar-refractivity contribution in [2.75, 3.05) is 19.6 Å². The largest absolute Gasteiger partial charge is 0.416 e. The Bertz CT molecular complexity index is 950. The van der Waals surface area contributed by atoms with Crippen molar-refractivity contribution in [3.05, 3.63) is 65.2 Å². The molecule has 29 heavy (non-hydrogen) atoms. The van der Waals surface area contributed by atoms with Gasteiger partial charge >= 0.3 is 6.18 Å². The minimum absolute atomic E-state index is 0.153. The molecule has 3 rings (SSSR count). The monoisotopic (exact) mass is 426 g/mol. The summed E-state index contributed by atoms with van der Waals surface area (Å²) in [5.41, 5.74) is 0.275. The van der Waals surface area contributed by atoms with E-state index in [2.05, 4.69) is 5.32 Å². The molecule has 0 unspecified atom stereocenters. The lowest BCUT2D eigenvalue weighted by Crippen LogP contribution is -2.28. The van der Waals surface area contributed by atoms with Crippen LogP contribution in [-0.2, 0) is 22.6 Å². The number of halogens is 3. The molecule has 0 bridgehead atoms. The van der Waals surface area contributed by atoms with Crippen LogP contribution < -0.4 is 5.32 Å². The van der Waals surface area contributed by atoms with Crippen LogP contribution >= 0.6 is 0 Å². The molecule has 2 aromatic rings. The molecule has 1 fully saturated rings. The fraction of sp³-hybridized carbons (Fsp3) is 0.350. The lowest BCUT2D eigenvalue weighted by molar-refractivity contribution is -0.137. The summed E-state index contributed by atoms with van der Waals surface area (Å²) in [5.74, 6) is -0.373. The highest BCUT2D eigenvalue weighted by Gasteiger charge is 2.30. The van der Waals surface area contributed by atoms with Gasteiger partial charge in [0, 0.05) is 25.2 Å². The van der Waals surface area contributed by atoms with Crippen LogP contribution in [0.2, 0.25) is 0 Å². The summed E-state index contributed by atoms with van der Waals surface area (Å²) in [6.07, 6.45) is -2.30. The van der Waals surface area contributed by atoms with Crippen molar-refractivity contribution in [2.45, 2.75) is 30.3 Å². The van der Waals surface area contributed by atoms with Crippen LogP contribution in [0.5, 0.6) is 0 Å². The third-order valence-corrected chi connectivity index (χ3v) is 6.71. The third kappa shape index (κ3) is 5.16. The summed E-state index contributed by atoms with van der Waals surface area (Å²) in [5, 5.41) is 2.68. The lowest BCUT2D eigenvalue weighted by Gasteiger charge is -2.15. The number of carbonyl (C=O) groups excluding carboxylic acids is 1. The van der Waals surface area contributed by atoms with Crippen LogP contribution in [0.3, 0.4) is 0 Å². The van der Waals surface area contributed by atoms with E-state index in [0.29, 0.717) is 30.6 Å². The molecular weight excluding hydrogens is 405 g/mol. The van der Waals surface area contributed by atoms with Gasteiger partial charge in [-0.15, -0.1) is 0 Å². The zero-order chi connectivity index (χ0) is 21.1. The molecule has 0 aromatic heterocycles. The highest BCUT2D eigenvalue weighted by atomic mass is 32.2. The molecule has 1 saturated heterocycles. The molecule has 1 aliphatic rings. The number of nitrogens with one attached hydrogen (secondary N) is 1. The standard InChI is InChI=1S/C20H21F3N2O3S/c21-20(22,23)17-7-3-15(4-8-17)11-12-24-19(26)16-5-9-18(10-6-16)29(27,28)25-13-1-2-14-25/h3-10H,1-2,11-14H2,(H,24,26). The van der Waals surface area contributed by atoms with Gasteiger partial charge in [0.05, 0.1) is 10.5 Å². The summed E-state index contributed by atoms with van der Waals surface area (Å²) in [6.45, 7) is 1.26. The number of amides is 1. The Hall–Kier alpha value is -2.39. The van der Waals surface area contributed by atoms with Gasteiger partial charge in [-0.1, -0.05) is 12.1 Å². The highest BCUT2D eigenvalue weighted by Crippen LogP contribution is 2.29. The Balaban J connectivity index is 1.54. The quantitative estimate of drug-likeness (QED) is 0.769. The molecule has 1 heterocycles. The fourth-order valence-electron chi connectivity index (χ4n) is 3.14. The first-order valence-electron chi connectivity index (χ1n) is 9.22. The predicted octanol–water partition coefficient (Wildman–Crippen LogP) is 3.46. The van der Waals surface area contributed by atoms with E-state index in [1.54, 1.807) is 0 Å². The second-order valence-corrected chi connectivity index (χ2v) is 8.77. The summed E-state index contributed by atoms with van der Waals surface area (Å²) < 4.78 is 64.1. The maximum Gasteiger partial charge on any atom is 0.416 e. The van der Waals surface area contributed by atoms with Crippen molar-refractivity contribution < 1.29 is 26.4 Å². The van der Waals surface area contributed by atoms with Gasteiger partial charge in [0.1, 0.15) is 0 Å². The molecule has 1 aliphatic heterocycles. The van der Waals surface area contributed by atoms with Crippen molar-refractivity contribution in [3.8, 4) is 0 Å². The Kier molecular flexibility index (Phi) is 6.28. The number of hydrogen-bond donors (Lipinski definition) is 1. The minimum Gasteiger partial charge on any atom is -0.352 e. The van der Waals surface area contributed by atoms with Gasteiger partial charge in [-0.25, -0.2) is 8.42 Å². The minimum atomic E-state index is -4.37. The van der Waals surface area contributed by atoms with Crippen LogP contribution in [-0.4, -0.2) is 38.3 Å². The van der Waals surface area contributed by atoms with Crippen LogP contribution in [0.15, 0.2) is 53.4 Å². The van der Waals surface area contributed by atoms with Crippen molar-refractivity contribution in [1.29, 1.82) is 0 Å². The molecule has 9 heteroatoms. The maximum absolute atomic E-state index is 12.6. The molecule has 1 amide bonds. The van der Waals surface area contributed by atoms with Crippen molar-refractivity contribution in [2.24, 2.45) is 0 Å². The van der Waals surface area contributed by atoms with E-state index >= 15 is 0 Å². The molecule has 156 valence electrons. The normalized spacial score (nSPS) is 15.4. The highest BCUT2D eigenvalue weighted by molar-refractivity contribution is 7.89. The van der Waals surface area contributed by atoms with Crippen LogP contribution in [0.25, 0.3) is 0 Å². The van der Waals surface area contributed by atoms with E-state index < -0.39 is 21.8 Å². The smallest absolute Gasteiger partial charge is 0.352 e. The van der Waals surface area contributed by atoms with Gasteiger partial charge < -0.3 is 5.32 Å². The molecule has 0 radical (unpaired) electrons. The second-order valence-electron chi connectivity index (χ2n) is 6.84. The van der Waals surface area contributed by atoms with E-state index in [9.17, 15) is 26.4 Å². The van der Waals surface area contributed by atoms with Crippen molar-refractivity contribution in [1.82, 2.24) is 9.62 Å². The average molecular weight is 426 g/mol. The zero-order valence-electron chi connectivity index (χ0n) is 15.6. The summed E-state index contributed by atoms with van der Waals surface area (Å²) in [7, 11) is -3.53. The lowest BCUT2D eigenvalue weighted by atomic mass is 10.1. The van der Waals surface area contributed by atoms with E-state index in [1.165, 1.54) is 40.7 Å². The van der Waals surface area contributed by atoms with Gasteiger partial charge in [0.15, 0.2) is 0 Å². The Morgan fingerprint density at radius 2 is 1.55 bits per heavy atom.